The Kier molecular flexibility index (Phi) is 5.38. The Bertz CT molecular complexity index is 844. The number of phenols is 1. The van der Waals surface area contributed by atoms with Crippen molar-refractivity contribution in [2.24, 2.45) is 0 Å². The topological polar surface area (TPSA) is 62.7 Å². The normalized spacial score (nSPS) is 14.8. The Morgan fingerprint density at radius 1 is 1.31 bits per heavy atom. The minimum absolute atomic E-state index is 0.147. The first kappa shape index (κ1) is 18.1. The van der Waals surface area contributed by atoms with Crippen LogP contribution in [0.25, 0.3) is 6.08 Å². The molecule has 1 N–H and O–H groups in total. The fourth-order valence-corrected chi connectivity index (χ4v) is 3.12. The highest BCUT2D eigenvalue weighted by Gasteiger charge is 2.33. The molecule has 2 aromatic rings. The number of rotatable bonds is 6. The standard InChI is InChI=1S/C21H24N2O3/c1-4-5-10-23(3)13-16-17(24)11-14(2)19-20(25)18(26-21(16)19)12-15-6-8-22-9-7-15/h6-9,11-12,24H,4-5,10,13H2,1-3H3/b18-12-. The lowest BCUT2D eigenvalue weighted by molar-refractivity contribution is 0.101. The van der Waals surface area contributed by atoms with Crippen LogP contribution in [0.1, 0.15) is 46.8 Å². The monoisotopic (exact) mass is 352 g/mol. The molecule has 5 nitrogen and oxygen atoms in total. The molecule has 0 bridgehead atoms. The number of phenolic OH excluding ortho intramolecular Hbond substituents is 1. The minimum Gasteiger partial charge on any atom is -0.507 e. The molecule has 136 valence electrons. The van der Waals surface area contributed by atoms with E-state index in [1.54, 1.807) is 24.5 Å². The van der Waals surface area contributed by atoms with Gasteiger partial charge >= 0.3 is 0 Å². The van der Waals surface area contributed by atoms with Crippen molar-refractivity contribution in [3.05, 3.63) is 58.6 Å². The number of Topliss-reactive ketones (excluding diaryl/α,β-unsaturated/α-hetero) is 1. The van der Waals surface area contributed by atoms with Crippen molar-refractivity contribution in [2.45, 2.75) is 33.2 Å². The summed E-state index contributed by atoms with van der Waals surface area (Å²) in [5.74, 6) is 0.780. The van der Waals surface area contributed by atoms with Gasteiger partial charge in [-0.2, -0.15) is 0 Å². The van der Waals surface area contributed by atoms with Gasteiger partial charge in [-0.25, -0.2) is 0 Å². The molecule has 26 heavy (non-hydrogen) atoms. The molecular weight excluding hydrogens is 328 g/mol. The van der Waals surface area contributed by atoms with Gasteiger partial charge in [-0.15, -0.1) is 0 Å². The summed E-state index contributed by atoms with van der Waals surface area (Å²) in [5, 5.41) is 10.4. The predicted molar refractivity (Wildman–Crippen MR) is 101 cm³/mol. The molecule has 0 amide bonds. The van der Waals surface area contributed by atoms with Gasteiger partial charge in [0.2, 0.25) is 5.78 Å². The lowest BCUT2D eigenvalue weighted by Crippen LogP contribution is -2.19. The van der Waals surface area contributed by atoms with Gasteiger partial charge in [0.25, 0.3) is 0 Å². The second-order valence-electron chi connectivity index (χ2n) is 6.71. The van der Waals surface area contributed by atoms with Gasteiger partial charge in [0, 0.05) is 18.9 Å². The predicted octanol–water partition coefficient (Wildman–Crippen LogP) is 3.94. The quantitative estimate of drug-likeness (QED) is 0.798. The van der Waals surface area contributed by atoms with Crippen molar-refractivity contribution in [2.75, 3.05) is 13.6 Å². The van der Waals surface area contributed by atoms with Gasteiger partial charge in [-0.1, -0.05) is 13.3 Å². The fraction of sp³-hybridized carbons (Fsp3) is 0.333. The lowest BCUT2D eigenvalue weighted by atomic mass is 9.99. The molecule has 0 aliphatic carbocycles. The first-order valence-electron chi connectivity index (χ1n) is 8.89. The van der Waals surface area contributed by atoms with Crippen LogP contribution in [0.2, 0.25) is 0 Å². The van der Waals surface area contributed by atoms with Crippen LogP contribution in [0.5, 0.6) is 11.5 Å². The molecule has 0 spiro atoms. The first-order valence-corrected chi connectivity index (χ1v) is 8.89. The summed E-state index contributed by atoms with van der Waals surface area (Å²) < 4.78 is 5.93. The number of carbonyl (C=O) groups is 1. The van der Waals surface area contributed by atoms with Crippen LogP contribution in [-0.4, -0.2) is 34.4 Å². The third-order valence-corrected chi connectivity index (χ3v) is 4.55. The molecular formula is C21H24N2O3. The number of aryl methyl sites for hydroxylation is 1. The van der Waals surface area contributed by atoms with E-state index in [0.29, 0.717) is 23.4 Å². The lowest BCUT2D eigenvalue weighted by Gasteiger charge is -2.19. The van der Waals surface area contributed by atoms with Crippen LogP contribution in [0.15, 0.2) is 36.4 Å². The first-order chi connectivity index (χ1) is 12.5. The largest absolute Gasteiger partial charge is 0.507 e. The number of unbranched alkanes of at least 4 members (excludes halogenated alkanes) is 1. The summed E-state index contributed by atoms with van der Waals surface area (Å²) in [6.45, 7) is 5.42. The highest BCUT2D eigenvalue weighted by molar-refractivity contribution is 6.15. The average molecular weight is 352 g/mol. The van der Waals surface area contributed by atoms with Gasteiger partial charge < -0.3 is 14.7 Å². The van der Waals surface area contributed by atoms with Crippen LogP contribution in [-0.2, 0) is 6.54 Å². The second kappa shape index (κ2) is 7.70. The van der Waals surface area contributed by atoms with Gasteiger partial charge in [0.05, 0.1) is 11.1 Å². The number of nitrogens with zero attached hydrogens (tertiary/aromatic N) is 2. The Morgan fingerprint density at radius 3 is 2.73 bits per heavy atom. The van der Waals surface area contributed by atoms with E-state index in [4.69, 9.17) is 4.74 Å². The highest BCUT2D eigenvalue weighted by Crippen LogP contribution is 2.42. The van der Waals surface area contributed by atoms with Gasteiger partial charge in [-0.3, -0.25) is 9.78 Å². The molecule has 1 aliphatic rings. The van der Waals surface area contributed by atoms with Crippen molar-refractivity contribution >= 4 is 11.9 Å². The molecule has 0 radical (unpaired) electrons. The Balaban J connectivity index is 1.96. The van der Waals surface area contributed by atoms with E-state index in [2.05, 4.69) is 16.8 Å². The number of benzene rings is 1. The Morgan fingerprint density at radius 2 is 2.04 bits per heavy atom. The summed E-state index contributed by atoms with van der Waals surface area (Å²) in [5.41, 5.74) is 2.78. The maximum absolute atomic E-state index is 12.8. The van der Waals surface area contributed by atoms with Gasteiger partial charge in [-0.05, 0) is 62.3 Å². The molecule has 0 fully saturated rings. The van der Waals surface area contributed by atoms with Gasteiger partial charge in [0.1, 0.15) is 11.5 Å². The fourth-order valence-electron chi connectivity index (χ4n) is 3.12. The smallest absolute Gasteiger partial charge is 0.232 e. The van der Waals surface area contributed by atoms with Crippen molar-refractivity contribution in [1.82, 2.24) is 9.88 Å². The van der Waals surface area contributed by atoms with Crippen molar-refractivity contribution in [3.63, 3.8) is 0 Å². The average Bonchev–Trinajstić information content (AvgIpc) is 2.94. The number of ketones is 1. The highest BCUT2D eigenvalue weighted by atomic mass is 16.5. The molecule has 1 aromatic heterocycles. The number of aromatic hydroxyl groups is 1. The van der Waals surface area contributed by atoms with Crippen molar-refractivity contribution in [3.8, 4) is 11.5 Å². The summed E-state index contributed by atoms with van der Waals surface area (Å²) in [6.07, 6.45) is 7.24. The zero-order valence-electron chi connectivity index (χ0n) is 15.5. The van der Waals surface area contributed by atoms with E-state index in [1.165, 1.54) is 0 Å². The third kappa shape index (κ3) is 3.63. The van der Waals surface area contributed by atoms with E-state index >= 15 is 0 Å². The summed E-state index contributed by atoms with van der Waals surface area (Å²) in [6, 6.07) is 5.28. The van der Waals surface area contributed by atoms with E-state index in [-0.39, 0.29) is 17.3 Å². The minimum atomic E-state index is -0.147. The SMILES string of the molecule is CCCCN(C)Cc1c(O)cc(C)c2c1O/C(=C\c1ccncc1)C2=O. The molecule has 0 saturated carbocycles. The molecule has 1 aromatic carbocycles. The number of pyridine rings is 1. The number of fused-ring (bicyclic) bond motifs is 1. The van der Waals surface area contributed by atoms with E-state index in [1.807, 2.05) is 26.1 Å². The number of carbonyl (C=O) groups excluding carboxylic acids is 1. The van der Waals surface area contributed by atoms with Crippen molar-refractivity contribution < 1.29 is 14.6 Å². The number of hydrogen-bond acceptors (Lipinski definition) is 5. The summed E-state index contributed by atoms with van der Waals surface area (Å²) >= 11 is 0. The number of aromatic nitrogens is 1. The van der Waals surface area contributed by atoms with Crippen LogP contribution in [0.3, 0.4) is 0 Å². The maximum atomic E-state index is 12.8. The number of ether oxygens (including phenoxy) is 1. The van der Waals surface area contributed by atoms with Crippen LogP contribution >= 0.6 is 0 Å². The summed E-state index contributed by atoms with van der Waals surface area (Å²) in [7, 11) is 2.01. The van der Waals surface area contributed by atoms with E-state index < -0.39 is 0 Å². The summed E-state index contributed by atoms with van der Waals surface area (Å²) in [4.78, 5) is 19.0. The molecule has 5 heteroatoms. The number of hydrogen-bond donors (Lipinski definition) is 1. The van der Waals surface area contributed by atoms with Crippen LogP contribution < -0.4 is 4.74 Å². The zero-order valence-corrected chi connectivity index (χ0v) is 15.5. The van der Waals surface area contributed by atoms with Crippen LogP contribution in [0, 0.1) is 6.92 Å². The van der Waals surface area contributed by atoms with E-state index in [9.17, 15) is 9.90 Å². The van der Waals surface area contributed by atoms with E-state index in [0.717, 1.165) is 30.5 Å². The Labute approximate surface area is 153 Å². The second-order valence-corrected chi connectivity index (χ2v) is 6.71. The molecule has 2 heterocycles. The maximum Gasteiger partial charge on any atom is 0.232 e. The Hall–Kier alpha value is -2.66. The molecule has 0 unspecified atom stereocenters. The molecule has 3 rings (SSSR count). The van der Waals surface area contributed by atoms with Crippen molar-refractivity contribution in [1.29, 1.82) is 0 Å². The third-order valence-electron chi connectivity index (χ3n) is 4.55. The van der Waals surface area contributed by atoms with Gasteiger partial charge in [0.15, 0.2) is 5.76 Å². The zero-order chi connectivity index (χ0) is 18.7. The molecule has 0 atom stereocenters. The molecule has 1 aliphatic heterocycles. The number of allylic oxidation sites excluding steroid dienone is 1. The molecule has 0 saturated heterocycles. The van der Waals surface area contributed by atoms with Crippen LogP contribution in [0.4, 0.5) is 0 Å².